The predicted octanol–water partition coefficient (Wildman–Crippen LogP) is 5.90. The van der Waals surface area contributed by atoms with Gasteiger partial charge in [-0.05, 0) is 78.9 Å². The topological polar surface area (TPSA) is 61.4 Å². The van der Waals surface area contributed by atoms with Gasteiger partial charge in [-0.3, -0.25) is 14.5 Å². The second kappa shape index (κ2) is 10.9. The molecule has 0 atom stereocenters. The van der Waals surface area contributed by atoms with Crippen molar-refractivity contribution in [2.75, 3.05) is 23.7 Å². The molecule has 1 saturated heterocycles. The molecular formula is C28H30ClN3O2. The number of halogens is 1. The number of rotatable bonds is 5. The van der Waals surface area contributed by atoms with Crippen molar-refractivity contribution in [2.24, 2.45) is 0 Å². The summed E-state index contributed by atoms with van der Waals surface area (Å²) in [6.07, 6.45) is 5.00. The summed E-state index contributed by atoms with van der Waals surface area (Å²) >= 11 is 0. The maximum absolute atomic E-state index is 13.1. The highest BCUT2D eigenvalue weighted by molar-refractivity contribution is 6.05. The maximum atomic E-state index is 13.1. The third kappa shape index (κ3) is 5.49. The SMILES string of the molecule is Cl.O=C1CCc2ccc(NC(=O)c3ccc(-c4ccccc4)c(CN4CCCCC4)c3)cc2N1. The summed E-state index contributed by atoms with van der Waals surface area (Å²) in [5.41, 5.74) is 6.73. The van der Waals surface area contributed by atoms with Gasteiger partial charge in [0.1, 0.15) is 0 Å². The van der Waals surface area contributed by atoms with Crippen LogP contribution in [-0.4, -0.2) is 29.8 Å². The normalized spacial score (nSPS) is 15.6. The van der Waals surface area contributed by atoms with Gasteiger partial charge in [0.2, 0.25) is 5.91 Å². The molecular weight excluding hydrogens is 446 g/mol. The number of piperidine rings is 1. The van der Waals surface area contributed by atoms with E-state index in [0.717, 1.165) is 37.3 Å². The first kappa shape index (κ1) is 24.0. The fourth-order valence-electron chi connectivity index (χ4n) is 4.78. The zero-order chi connectivity index (χ0) is 22.6. The molecule has 3 aromatic rings. The van der Waals surface area contributed by atoms with E-state index in [1.165, 1.54) is 36.0 Å². The van der Waals surface area contributed by atoms with Gasteiger partial charge in [-0.15, -0.1) is 12.4 Å². The van der Waals surface area contributed by atoms with Crippen molar-refractivity contribution in [2.45, 2.75) is 38.6 Å². The summed E-state index contributed by atoms with van der Waals surface area (Å²) in [6.45, 7) is 3.05. The lowest BCUT2D eigenvalue weighted by Gasteiger charge is -2.27. The lowest BCUT2D eigenvalue weighted by atomic mass is 9.96. The molecule has 5 rings (SSSR count). The fraction of sp³-hybridized carbons (Fsp3) is 0.286. The highest BCUT2D eigenvalue weighted by atomic mass is 35.5. The van der Waals surface area contributed by atoms with Gasteiger partial charge in [-0.25, -0.2) is 0 Å². The van der Waals surface area contributed by atoms with Crippen LogP contribution in [0.15, 0.2) is 66.7 Å². The summed E-state index contributed by atoms with van der Waals surface area (Å²) < 4.78 is 0. The Labute approximate surface area is 207 Å². The van der Waals surface area contributed by atoms with E-state index in [4.69, 9.17) is 0 Å². The molecule has 0 aliphatic carbocycles. The van der Waals surface area contributed by atoms with Crippen LogP contribution in [0.2, 0.25) is 0 Å². The zero-order valence-corrected chi connectivity index (χ0v) is 20.0. The van der Waals surface area contributed by atoms with Crippen LogP contribution < -0.4 is 10.6 Å². The number of nitrogens with one attached hydrogen (secondary N) is 2. The number of likely N-dealkylation sites (tertiary alicyclic amines) is 1. The van der Waals surface area contributed by atoms with E-state index in [9.17, 15) is 9.59 Å². The minimum Gasteiger partial charge on any atom is -0.326 e. The van der Waals surface area contributed by atoms with Crippen molar-refractivity contribution >= 4 is 35.6 Å². The Hall–Kier alpha value is -3.15. The van der Waals surface area contributed by atoms with Gasteiger partial charge in [-0.2, -0.15) is 0 Å². The standard InChI is InChI=1S/C28H29N3O2.ClH/c32-27-14-11-21-9-12-24(18-26(21)30-27)29-28(33)22-10-13-25(20-7-3-1-4-8-20)23(17-22)19-31-15-5-2-6-16-31;/h1,3-4,7-10,12-13,17-18H,2,5-6,11,14-16,19H2,(H,29,33)(H,30,32);1H. The zero-order valence-electron chi connectivity index (χ0n) is 19.2. The number of aryl methyl sites for hydroxylation is 1. The Kier molecular flexibility index (Phi) is 7.66. The van der Waals surface area contributed by atoms with Gasteiger partial charge in [-0.1, -0.05) is 48.9 Å². The van der Waals surface area contributed by atoms with Gasteiger partial charge >= 0.3 is 0 Å². The molecule has 0 radical (unpaired) electrons. The molecule has 2 N–H and O–H groups in total. The number of nitrogens with zero attached hydrogens (tertiary/aromatic N) is 1. The minimum atomic E-state index is -0.142. The number of fused-ring (bicyclic) bond motifs is 1. The van der Waals surface area contributed by atoms with E-state index >= 15 is 0 Å². The number of carbonyl (C=O) groups excluding carboxylic acids is 2. The first-order valence-corrected chi connectivity index (χ1v) is 11.8. The van der Waals surface area contributed by atoms with Crippen molar-refractivity contribution in [1.82, 2.24) is 4.90 Å². The Morgan fingerprint density at radius 1 is 0.912 bits per heavy atom. The molecule has 0 aromatic heterocycles. The van der Waals surface area contributed by atoms with E-state index in [2.05, 4.69) is 45.9 Å². The molecule has 2 aliphatic rings. The van der Waals surface area contributed by atoms with Gasteiger partial charge in [0.15, 0.2) is 0 Å². The van der Waals surface area contributed by atoms with E-state index < -0.39 is 0 Å². The molecule has 2 heterocycles. The number of amides is 2. The third-order valence-corrected chi connectivity index (χ3v) is 6.56. The Balaban J connectivity index is 0.00000274. The van der Waals surface area contributed by atoms with Crippen molar-refractivity contribution < 1.29 is 9.59 Å². The van der Waals surface area contributed by atoms with Crippen LogP contribution in [0, 0.1) is 0 Å². The van der Waals surface area contributed by atoms with Crippen LogP contribution in [0.3, 0.4) is 0 Å². The average molecular weight is 476 g/mol. The van der Waals surface area contributed by atoms with Crippen LogP contribution in [0.4, 0.5) is 11.4 Å². The van der Waals surface area contributed by atoms with Crippen LogP contribution in [-0.2, 0) is 17.8 Å². The number of anilines is 2. The Morgan fingerprint density at radius 3 is 2.50 bits per heavy atom. The molecule has 6 heteroatoms. The molecule has 0 saturated carbocycles. The molecule has 0 unspecified atom stereocenters. The fourth-order valence-corrected chi connectivity index (χ4v) is 4.78. The van der Waals surface area contributed by atoms with E-state index in [-0.39, 0.29) is 24.2 Å². The molecule has 34 heavy (non-hydrogen) atoms. The smallest absolute Gasteiger partial charge is 0.255 e. The Bertz CT molecular complexity index is 1170. The maximum Gasteiger partial charge on any atom is 0.255 e. The summed E-state index contributed by atoms with van der Waals surface area (Å²) in [6, 6.07) is 22.1. The van der Waals surface area contributed by atoms with Crippen molar-refractivity contribution in [3.63, 3.8) is 0 Å². The van der Waals surface area contributed by atoms with Crippen molar-refractivity contribution in [1.29, 1.82) is 0 Å². The van der Waals surface area contributed by atoms with Crippen molar-refractivity contribution in [3.05, 3.63) is 83.4 Å². The Morgan fingerprint density at radius 2 is 1.71 bits per heavy atom. The quantitative estimate of drug-likeness (QED) is 0.483. The molecule has 0 bridgehead atoms. The predicted molar refractivity (Wildman–Crippen MR) is 140 cm³/mol. The van der Waals surface area contributed by atoms with Crippen LogP contribution >= 0.6 is 12.4 Å². The van der Waals surface area contributed by atoms with Crippen LogP contribution in [0.25, 0.3) is 11.1 Å². The molecule has 2 amide bonds. The largest absolute Gasteiger partial charge is 0.326 e. The van der Waals surface area contributed by atoms with Gasteiger partial charge in [0.05, 0.1) is 0 Å². The van der Waals surface area contributed by atoms with E-state index in [0.29, 0.717) is 17.7 Å². The monoisotopic (exact) mass is 475 g/mol. The van der Waals surface area contributed by atoms with Gasteiger partial charge in [0.25, 0.3) is 5.91 Å². The molecule has 0 spiro atoms. The van der Waals surface area contributed by atoms with E-state index in [1.807, 2.05) is 36.4 Å². The molecule has 5 nitrogen and oxygen atoms in total. The summed E-state index contributed by atoms with van der Waals surface area (Å²) in [5.74, 6) is -0.124. The number of carbonyl (C=O) groups is 2. The number of hydrogen-bond acceptors (Lipinski definition) is 3. The lowest BCUT2D eigenvalue weighted by Crippen LogP contribution is -2.29. The van der Waals surface area contributed by atoms with E-state index in [1.54, 1.807) is 0 Å². The van der Waals surface area contributed by atoms with Gasteiger partial charge in [0, 0.05) is 29.9 Å². The molecule has 176 valence electrons. The number of benzene rings is 3. The van der Waals surface area contributed by atoms with Crippen LogP contribution in [0.5, 0.6) is 0 Å². The summed E-state index contributed by atoms with van der Waals surface area (Å²) in [7, 11) is 0. The average Bonchev–Trinajstić information content (AvgIpc) is 2.85. The summed E-state index contributed by atoms with van der Waals surface area (Å²) in [4.78, 5) is 27.3. The first-order chi connectivity index (χ1) is 16.2. The highest BCUT2D eigenvalue weighted by Gasteiger charge is 2.18. The number of hydrogen-bond donors (Lipinski definition) is 2. The lowest BCUT2D eigenvalue weighted by molar-refractivity contribution is -0.116. The second-order valence-electron chi connectivity index (χ2n) is 8.95. The van der Waals surface area contributed by atoms with Crippen molar-refractivity contribution in [3.8, 4) is 11.1 Å². The molecule has 1 fully saturated rings. The summed E-state index contributed by atoms with van der Waals surface area (Å²) in [5, 5.41) is 5.91. The highest BCUT2D eigenvalue weighted by Crippen LogP contribution is 2.29. The molecule has 2 aliphatic heterocycles. The van der Waals surface area contributed by atoms with Gasteiger partial charge < -0.3 is 10.6 Å². The van der Waals surface area contributed by atoms with Crippen LogP contribution in [0.1, 0.15) is 47.2 Å². The first-order valence-electron chi connectivity index (χ1n) is 11.8. The second-order valence-corrected chi connectivity index (χ2v) is 8.95. The third-order valence-electron chi connectivity index (χ3n) is 6.56. The molecule has 3 aromatic carbocycles. The minimum absolute atomic E-state index is 0.